The van der Waals surface area contributed by atoms with E-state index in [0.29, 0.717) is 23.9 Å². The van der Waals surface area contributed by atoms with Gasteiger partial charge in [-0.2, -0.15) is 0 Å². The van der Waals surface area contributed by atoms with Crippen molar-refractivity contribution in [1.29, 1.82) is 0 Å². The molecule has 0 bridgehead atoms. The quantitative estimate of drug-likeness (QED) is 0.734. The maximum absolute atomic E-state index is 14.9. The van der Waals surface area contributed by atoms with Crippen molar-refractivity contribution in [1.82, 2.24) is 0 Å². The molecule has 5 atom stereocenters. The second-order valence-corrected chi connectivity index (χ2v) is 10.3. The molecular formula is C26H32FNO2. The van der Waals surface area contributed by atoms with Gasteiger partial charge in [0.2, 0.25) is 0 Å². The van der Waals surface area contributed by atoms with E-state index in [-0.39, 0.29) is 29.0 Å². The van der Waals surface area contributed by atoms with Gasteiger partial charge in [0.15, 0.2) is 5.78 Å². The highest BCUT2D eigenvalue weighted by Crippen LogP contribution is 2.63. The molecule has 4 heteroatoms. The van der Waals surface area contributed by atoms with Crippen LogP contribution in [0.25, 0.3) is 0 Å². The number of anilines is 1. The number of hydrogen-bond donors (Lipinski definition) is 1. The van der Waals surface area contributed by atoms with E-state index in [0.717, 1.165) is 44.1 Å². The van der Waals surface area contributed by atoms with Gasteiger partial charge < -0.3 is 10.0 Å². The molecule has 0 radical (unpaired) electrons. The SMILES string of the molecule is CN(C)c1ccc(C2CC3(C)C(O)CCC3C3CCC4=CC(=O)CCC4=C23)cc1F. The van der Waals surface area contributed by atoms with Crippen LogP contribution in [0.5, 0.6) is 0 Å². The van der Waals surface area contributed by atoms with Gasteiger partial charge in [-0.1, -0.05) is 18.6 Å². The van der Waals surface area contributed by atoms with E-state index < -0.39 is 0 Å². The Bertz CT molecular complexity index is 962. The number of carbonyl (C=O) groups is 1. The molecule has 0 aromatic heterocycles. The van der Waals surface area contributed by atoms with Crippen molar-refractivity contribution in [3.05, 3.63) is 52.4 Å². The first-order valence-corrected chi connectivity index (χ1v) is 11.4. The van der Waals surface area contributed by atoms with Gasteiger partial charge in [-0.05, 0) is 90.7 Å². The number of benzene rings is 1. The Morgan fingerprint density at radius 1 is 1.13 bits per heavy atom. The highest BCUT2D eigenvalue weighted by molar-refractivity contribution is 5.93. The Kier molecular flexibility index (Phi) is 4.70. The maximum atomic E-state index is 14.9. The van der Waals surface area contributed by atoms with E-state index in [9.17, 15) is 14.3 Å². The van der Waals surface area contributed by atoms with Gasteiger partial charge in [0.05, 0.1) is 11.8 Å². The lowest BCUT2D eigenvalue weighted by Crippen LogP contribution is -2.45. The topological polar surface area (TPSA) is 40.5 Å². The first kappa shape index (κ1) is 20.0. The van der Waals surface area contributed by atoms with Crippen LogP contribution in [-0.4, -0.2) is 31.1 Å². The molecule has 0 spiro atoms. The molecular weight excluding hydrogens is 377 g/mol. The van der Waals surface area contributed by atoms with Crippen LogP contribution < -0.4 is 4.90 Å². The van der Waals surface area contributed by atoms with Crippen molar-refractivity contribution in [3.63, 3.8) is 0 Å². The number of halogens is 1. The third kappa shape index (κ3) is 2.90. The van der Waals surface area contributed by atoms with E-state index in [1.54, 1.807) is 11.0 Å². The molecule has 30 heavy (non-hydrogen) atoms. The predicted octanol–water partition coefficient (Wildman–Crippen LogP) is 5.15. The lowest BCUT2D eigenvalue weighted by molar-refractivity contribution is -0.114. The summed E-state index contributed by atoms with van der Waals surface area (Å²) in [5, 5.41) is 10.9. The second kappa shape index (κ2) is 7.05. The van der Waals surface area contributed by atoms with Crippen LogP contribution in [0, 0.1) is 23.1 Å². The van der Waals surface area contributed by atoms with Gasteiger partial charge >= 0.3 is 0 Å². The minimum Gasteiger partial charge on any atom is -0.393 e. The van der Waals surface area contributed by atoms with Gasteiger partial charge in [0.25, 0.3) is 0 Å². The molecule has 1 N–H and O–H groups in total. The standard InChI is InChI=1S/C26H32FNO2/c1-26-14-20(16-5-10-23(28(2)3)22(27)13-16)25-18-8-6-17(29)12-15(18)4-7-19(25)21(26)9-11-24(26)30/h5,10,12-13,19-21,24,30H,4,6-9,11,14H2,1-3H3. The average Bonchev–Trinajstić information content (AvgIpc) is 3.01. The minimum absolute atomic E-state index is 0.113. The molecule has 5 rings (SSSR count). The molecule has 1 aromatic carbocycles. The van der Waals surface area contributed by atoms with Crippen molar-refractivity contribution < 1.29 is 14.3 Å². The molecule has 3 nitrogen and oxygen atoms in total. The Morgan fingerprint density at radius 3 is 2.67 bits per heavy atom. The van der Waals surface area contributed by atoms with Crippen LogP contribution >= 0.6 is 0 Å². The minimum atomic E-state index is -0.285. The van der Waals surface area contributed by atoms with Crippen molar-refractivity contribution in [2.45, 2.75) is 63.9 Å². The molecule has 4 aliphatic carbocycles. The van der Waals surface area contributed by atoms with E-state index in [4.69, 9.17) is 0 Å². The first-order valence-electron chi connectivity index (χ1n) is 11.4. The summed E-state index contributed by atoms with van der Waals surface area (Å²) in [6, 6.07) is 5.67. The van der Waals surface area contributed by atoms with E-state index in [1.165, 1.54) is 16.7 Å². The summed E-state index contributed by atoms with van der Waals surface area (Å²) >= 11 is 0. The zero-order chi connectivity index (χ0) is 21.2. The highest BCUT2D eigenvalue weighted by Gasteiger charge is 2.56. The van der Waals surface area contributed by atoms with Crippen molar-refractivity contribution >= 4 is 11.5 Å². The fourth-order valence-corrected chi connectivity index (χ4v) is 7.03. The Labute approximate surface area is 178 Å². The van der Waals surface area contributed by atoms with Gasteiger partial charge in [-0.3, -0.25) is 4.79 Å². The zero-order valence-corrected chi connectivity index (χ0v) is 18.2. The lowest BCUT2D eigenvalue weighted by Gasteiger charge is -2.52. The summed E-state index contributed by atoms with van der Waals surface area (Å²) in [5.41, 5.74) is 5.53. The van der Waals surface area contributed by atoms with Crippen molar-refractivity contribution in [2.75, 3.05) is 19.0 Å². The number of aliphatic hydroxyl groups is 1. The van der Waals surface area contributed by atoms with Gasteiger partial charge in [0, 0.05) is 26.4 Å². The van der Waals surface area contributed by atoms with E-state index >= 15 is 0 Å². The summed E-state index contributed by atoms with van der Waals surface area (Å²) in [4.78, 5) is 13.9. The van der Waals surface area contributed by atoms with E-state index in [1.807, 2.05) is 26.2 Å². The largest absolute Gasteiger partial charge is 0.393 e. The van der Waals surface area contributed by atoms with Crippen molar-refractivity contribution in [3.8, 4) is 0 Å². The smallest absolute Gasteiger partial charge is 0.156 e. The van der Waals surface area contributed by atoms with Crippen LogP contribution in [-0.2, 0) is 4.79 Å². The number of nitrogens with zero attached hydrogens (tertiary/aromatic N) is 1. The van der Waals surface area contributed by atoms with Crippen LogP contribution in [0.1, 0.15) is 63.4 Å². The molecule has 1 aromatic rings. The molecule has 4 aliphatic rings. The maximum Gasteiger partial charge on any atom is 0.156 e. The van der Waals surface area contributed by atoms with Crippen LogP contribution in [0.15, 0.2) is 41.0 Å². The molecule has 0 aliphatic heterocycles. The normalized spacial score (nSPS) is 35.5. The summed E-state index contributed by atoms with van der Waals surface area (Å²) in [5.74, 6) is 1.08. The predicted molar refractivity (Wildman–Crippen MR) is 117 cm³/mol. The second-order valence-electron chi connectivity index (χ2n) is 10.3. The van der Waals surface area contributed by atoms with Crippen LogP contribution in [0.4, 0.5) is 10.1 Å². The number of allylic oxidation sites excluding steroid dienone is 4. The van der Waals surface area contributed by atoms with E-state index in [2.05, 4.69) is 13.0 Å². The third-order valence-electron chi connectivity index (χ3n) is 8.54. The van der Waals surface area contributed by atoms with Crippen molar-refractivity contribution in [2.24, 2.45) is 17.3 Å². The number of hydrogen-bond acceptors (Lipinski definition) is 3. The molecule has 2 fully saturated rings. The van der Waals surface area contributed by atoms with Crippen LogP contribution in [0.3, 0.4) is 0 Å². The Hall–Kier alpha value is -1.94. The number of fused-ring (bicyclic) bond motifs is 4. The molecule has 2 saturated carbocycles. The molecule has 0 amide bonds. The number of carbonyl (C=O) groups excluding carboxylic acids is 1. The Balaban J connectivity index is 1.67. The van der Waals surface area contributed by atoms with Crippen LogP contribution in [0.2, 0.25) is 0 Å². The number of aliphatic hydroxyl groups excluding tert-OH is 1. The highest BCUT2D eigenvalue weighted by atomic mass is 19.1. The average molecular weight is 410 g/mol. The molecule has 5 unspecified atom stereocenters. The molecule has 160 valence electrons. The summed E-state index contributed by atoms with van der Waals surface area (Å²) in [6.45, 7) is 2.25. The van der Waals surface area contributed by atoms with Gasteiger partial charge in [0.1, 0.15) is 5.82 Å². The third-order valence-corrected chi connectivity index (χ3v) is 8.54. The first-order chi connectivity index (χ1) is 14.3. The fraction of sp³-hybridized carbons (Fsp3) is 0.577. The Morgan fingerprint density at radius 2 is 1.93 bits per heavy atom. The number of rotatable bonds is 2. The monoisotopic (exact) mass is 409 g/mol. The van der Waals surface area contributed by atoms with Gasteiger partial charge in [-0.15, -0.1) is 0 Å². The molecule has 0 saturated heterocycles. The summed E-state index contributed by atoms with van der Waals surface area (Å²) < 4.78 is 14.9. The van der Waals surface area contributed by atoms with Gasteiger partial charge in [-0.25, -0.2) is 4.39 Å². The number of ketones is 1. The molecule has 0 heterocycles. The summed E-state index contributed by atoms with van der Waals surface area (Å²) in [6.07, 6.45) is 7.77. The zero-order valence-electron chi connectivity index (χ0n) is 18.2. The fourth-order valence-electron chi connectivity index (χ4n) is 7.03. The lowest BCUT2D eigenvalue weighted by atomic mass is 9.53. The summed E-state index contributed by atoms with van der Waals surface area (Å²) in [7, 11) is 3.72.